The van der Waals surface area contributed by atoms with Crippen LogP contribution >= 0.6 is 0 Å². The highest BCUT2D eigenvalue weighted by Crippen LogP contribution is 2.35. The lowest BCUT2D eigenvalue weighted by atomic mass is 10.1. The highest BCUT2D eigenvalue weighted by Gasteiger charge is 2.38. The highest BCUT2D eigenvalue weighted by atomic mass is 16.5. The van der Waals surface area contributed by atoms with Crippen molar-refractivity contribution < 1.29 is 4.74 Å². The molecule has 2 aliphatic rings. The maximum Gasteiger partial charge on any atom is 0.142 e. The van der Waals surface area contributed by atoms with E-state index in [0.717, 1.165) is 24.1 Å². The molecule has 3 nitrogen and oxygen atoms in total. The third kappa shape index (κ3) is 3.70. The van der Waals surface area contributed by atoms with E-state index in [9.17, 15) is 0 Å². The van der Waals surface area contributed by atoms with Crippen LogP contribution in [-0.4, -0.2) is 36.2 Å². The van der Waals surface area contributed by atoms with Gasteiger partial charge in [-0.25, -0.2) is 0 Å². The number of anilines is 1. The number of likely N-dealkylation sites (tertiary alicyclic amines) is 1. The molecule has 1 saturated heterocycles. The first-order valence-corrected chi connectivity index (χ1v) is 8.37. The largest absolute Gasteiger partial charge is 0.491 e. The van der Waals surface area contributed by atoms with Crippen LogP contribution in [0.15, 0.2) is 24.3 Å². The normalized spacial score (nSPS) is 26.3. The summed E-state index contributed by atoms with van der Waals surface area (Å²) in [6.45, 7) is 8.67. The third-order valence-corrected chi connectivity index (χ3v) is 4.46. The Bertz CT molecular complexity index is 470. The molecule has 0 spiro atoms. The predicted molar refractivity (Wildman–Crippen MR) is 88.0 cm³/mol. The van der Waals surface area contributed by atoms with Crippen LogP contribution in [0.25, 0.3) is 0 Å². The van der Waals surface area contributed by atoms with E-state index in [2.05, 4.69) is 55.3 Å². The zero-order chi connectivity index (χ0) is 14.8. The minimum atomic E-state index is 0.546. The Morgan fingerprint density at radius 2 is 2.05 bits per heavy atom. The van der Waals surface area contributed by atoms with Crippen molar-refractivity contribution in [1.82, 2.24) is 4.90 Å². The van der Waals surface area contributed by atoms with Gasteiger partial charge >= 0.3 is 0 Å². The quantitative estimate of drug-likeness (QED) is 0.862. The molecule has 2 atom stereocenters. The van der Waals surface area contributed by atoms with Crippen LogP contribution < -0.4 is 10.1 Å². The number of ether oxygens (including phenoxy) is 1. The Kier molecular flexibility index (Phi) is 4.39. The van der Waals surface area contributed by atoms with Crippen LogP contribution in [0.4, 0.5) is 5.69 Å². The second-order valence-electron chi connectivity index (χ2n) is 7.05. The van der Waals surface area contributed by atoms with Crippen molar-refractivity contribution in [3.05, 3.63) is 24.3 Å². The van der Waals surface area contributed by atoms with Crippen molar-refractivity contribution in [2.45, 2.75) is 58.2 Å². The number of hydrogen-bond donors (Lipinski definition) is 1. The molecule has 0 aromatic heterocycles. The second-order valence-corrected chi connectivity index (χ2v) is 7.05. The maximum atomic E-state index is 5.95. The van der Waals surface area contributed by atoms with Crippen LogP contribution in [0.5, 0.6) is 5.75 Å². The van der Waals surface area contributed by atoms with Gasteiger partial charge in [0.2, 0.25) is 0 Å². The third-order valence-electron chi connectivity index (χ3n) is 4.46. The highest BCUT2D eigenvalue weighted by molar-refractivity contribution is 5.57. The van der Waals surface area contributed by atoms with Gasteiger partial charge in [0, 0.05) is 24.7 Å². The summed E-state index contributed by atoms with van der Waals surface area (Å²) in [5.41, 5.74) is 1.15. The average Bonchev–Trinajstić information content (AvgIpc) is 3.22. The van der Waals surface area contributed by atoms with Crippen molar-refractivity contribution >= 4 is 5.69 Å². The molecule has 1 heterocycles. The number of para-hydroxylation sites is 2. The summed E-state index contributed by atoms with van der Waals surface area (Å²) in [4.78, 5) is 2.68. The monoisotopic (exact) mass is 288 g/mol. The van der Waals surface area contributed by atoms with Gasteiger partial charge < -0.3 is 10.1 Å². The lowest BCUT2D eigenvalue weighted by Gasteiger charge is -2.20. The van der Waals surface area contributed by atoms with Crippen molar-refractivity contribution in [2.75, 3.05) is 18.5 Å². The van der Waals surface area contributed by atoms with Gasteiger partial charge in [-0.1, -0.05) is 26.0 Å². The van der Waals surface area contributed by atoms with E-state index in [1.54, 1.807) is 0 Å². The van der Waals surface area contributed by atoms with Gasteiger partial charge in [0.05, 0.1) is 12.3 Å². The second kappa shape index (κ2) is 6.27. The summed E-state index contributed by atoms with van der Waals surface area (Å²) >= 11 is 0. The zero-order valence-electron chi connectivity index (χ0n) is 13.5. The molecule has 1 N–H and O–H groups in total. The predicted octanol–water partition coefficient (Wildman–Crippen LogP) is 3.76. The van der Waals surface area contributed by atoms with E-state index in [-0.39, 0.29) is 0 Å². The molecular weight excluding hydrogens is 260 g/mol. The molecule has 0 radical (unpaired) electrons. The zero-order valence-corrected chi connectivity index (χ0v) is 13.5. The van der Waals surface area contributed by atoms with Crippen LogP contribution in [0.2, 0.25) is 0 Å². The molecule has 2 unspecified atom stereocenters. The van der Waals surface area contributed by atoms with Gasteiger partial charge in [0.25, 0.3) is 0 Å². The van der Waals surface area contributed by atoms with Crippen molar-refractivity contribution in [1.29, 1.82) is 0 Å². The maximum absolute atomic E-state index is 5.95. The molecular formula is C18H28N2O. The van der Waals surface area contributed by atoms with Crippen molar-refractivity contribution in [3.8, 4) is 5.75 Å². The summed E-state index contributed by atoms with van der Waals surface area (Å²) in [5.74, 6) is 1.54. The van der Waals surface area contributed by atoms with E-state index < -0.39 is 0 Å². The molecule has 1 aromatic rings. The summed E-state index contributed by atoms with van der Waals surface area (Å²) < 4.78 is 5.95. The molecule has 1 aromatic carbocycles. The Morgan fingerprint density at radius 3 is 2.76 bits per heavy atom. The molecule has 21 heavy (non-hydrogen) atoms. The lowest BCUT2D eigenvalue weighted by molar-refractivity contribution is 0.257. The number of benzene rings is 1. The Morgan fingerprint density at radius 1 is 1.29 bits per heavy atom. The van der Waals surface area contributed by atoms with E-state index in [1.807, 2.05) is 0 Å². The minimum absolute atomic E-state index is 0.546. The molecule has 0 bridgehead atoms. The standard InChI is InChI=1S/C18H28N2O/c1-13(2)12-21-18-7-5-4-6-17(18)19-15-10-14(3)20(11-15)16-8-9-16/h4-7,13-16,19H,8-12H2,1-3H3. The summed E-state index contributed by atoms with van der Waals surface area (Å²) in [6.07, 6.45) is 4.02. The Labute approximate surface area is 128 Å². The minimum Gasteiger partial charge on any atom is -0.491 e. The van der Waals surface area contributed by atoms with Crippen molar-refractivity contribution in [3.63, 3.8) is 0 Å². The molecule has 3 heteroatoms. The molecule has 1 aliphatic heterocycles. The fourth-order valence-electron chi connectivity index (χ4n) is 3.26. The van der Waals surface area contributed by atoms with E-state index in [0.29, 0.717) is 18.0 Å². The van der Waals surface area contributed by atoms with Gasteiger partial charge in [-0.3, -0.25) is 4.90 Å². The molecule has 3 rings (SSSR count). The average molecular weight is 288 g/mol. The summed E-state index contributed by atoms with van der Waals surface area (Å²) in [6, 6.07) is 10.5. The number of hydrogen-bond acceptors (Lipinski definition) is 3. The molecule has 1 saturated carbocycles. The fraction of sp³-hybridized carbons (Fsp3) is 0.667. The van der Waals surface area contributed by atoms with E-state index in [4.69, 9.17) is 4.74 Å². The number of rotatable bonds is 6. The lowest BCUT2D eigenvalue weighted by Crippen LogP contribution is -2.31. The van der Waals surface area contributed by atoms with Gasteiger partial charge in [0.15, 0.2) is 0 Å². The van der Waals surface area contributed by atoms with Crippen LogP contribution in [0.1, 0.15) is 40.0 Å². The summed E-state index contributed by atoms with van der Waals surface area (Å²) in [5, 5.41) is 3.71. The first-order valence-electron chi connectivity index (χ1n) is 8.37. The van der Waals surface area contributed by atoms with Gasteiger partial charge in [-0.15, -0.1) is 0 Å². The molecule has 116 valence electrons. The summed E-state index contributed by atoms with van der Waals surface area (Å²) in [7, 11) is 0. The van der Waals surface area contributed by atoms with Gasteiger partial charge in [0.1, 0.15) is 5.75 Å². The topological polar surface area (TPSA) is 24.5 Å². The fourth-order valence-corrected chi connectivity index (χ4v) is 3.26. The van der Waals surface area contributed by atoms with Gasteiger partial charge in [-0.05, 0) is 44.2 Å². The van der Waals surface area contributed by atoms with E-state index >= 15 is 0 Å². The van der Waals surface area contributed by atoms with Gasteiger partial charge in [-0.2, -0.15) is 0 Å². The smallest absolute Gasteiger partial charge is 0.142 e. The van der Waals surface area contributed by atoms with E-state index in [1.165, 1.54) is 25.8 Å². The SMILES string of the molecule is CC(C)COc1ccccc1NC1CC(C)N(C2CC2)C1. The van der Waals surface area contributed by atoms with Crippen LogP contribution in [0.3, 0.4) is 0 Å². The number of nitrogens with one attached hydrogen (secondary N) is 1. The first-order chi connectivity index (χ1) is 10.1. The van der Waals surface area contributed by atoms with Crippen LogP contribution in [0, 0.1) is 5.92 Å². The van der Waals surface area contributed by atoms with Crippen molar-refractivity contribution in [2.24, 2.45) is 5.92 Å². The first kappa shape index (κ1) is 14.7. The van der Waals surface area contributed by atoms with Crippen LogP contribution in [-0.2, 0) is 0 Å². The Balaban J connectivity index is 1.62. The molecule has 2 fully saturated rings. The Hall–Kier alpha value is -1.22. The number of nitrogens with zero attached hydrogens (tertiary/aromatic N) is 1. The molecule has 1 aliphatic carbocycles. The molecule has 0 amide bonds.